The first-order valence-corrected chi connectivity index (χ1v) is 5.07. The van der Waals surface area contributed by atoms with Crippen molar-refractivity contribution in [2.45, 2.75) is 6.42 Å². The minimum atomic E-state index is 0.149. The van der Waals surface area contributed by atoms with E-state index in [-0.39, 0.29) is 5.43 Å². The van der Waals surface area contributed by atoms with Crippen molar-refractivity contribution >= 4 is 16.8 Å². The normalized spacial score (nSPS) is 13.1. The van der Waals surface area contributed by atoms with E-state index in [9.17, 15) is 4.79 Å². The molecule has 0 amide bonds. The number of allylic oxidation sites excluding steroid dienone is 1. The highest BCUT2D eigenvalue weighted by Crippen LogP contribution is 2.19. The van der Waals surface area contributed by atoms with E-state index in [1.165, 1.54) is 0 Å². The number of rotatable bonds is 0. The molecule has 0 radical (unpaired) electrons. The predicted molar refractivity (Wildman–Crippen MR) is 63.0 cm³/mol. The van der Waals surface area contributed by atoms with Gasteiger partial charge in [0, 0.05) is 5.56 Å². The van der Waals surface area contributed by atoms with Crippen molar-refractivity contribution in [2.24, 2.45) is 0 Å². The molecule has 0 N–H and O–H groups in total. The Balaban J connectivity index is 2.53. The van der Waals surface area contributed by atoms with Gasteiger partial charge in [0.2, 0.25) is 0 Å². The second kappa shape index (κ2) is 3.06. The first kappa shape index (κ1) is 8.42. The summed E-state index contributed by atoms with van der Waals surface area (Å²) in [5.41, 5.74) is 2.14. The highest BCUT2D eigenvalue weighted by molar-refractivity contribution is 5.84. The fourth-order valence-electron chi connectivity index (χ4n) is 2.07. The summed E-state index contributed by atoms with van der Waals surface area (Å²) >= 11 is 0. The van der Waals surface area contributed by atoms with E-state index < -0.39 is 0 Å². The van der Waals surface area contributed by atoms with Gasteiger partial charge in [-0.1, -0.05) is 36.4 Å². The van der Waals surface area contributed by atoms with Crippen LogP contribution in [0.1, 0.15) is 11.1 Å². The van der Waals surface area contributed by atoms with Crippen molar-refractivity contribution in [2.75, 3.05) is 0 Å². The second-order valence-corrected chi connectivity index (χ2v) is 3.82. The third-order valence-corrected chi connectivity index (χ3v) is 2.86. The van der Waals surface area contributed by atoms with Crippen LogP contribution >= 0.6 is 0 Å². The van der Waals surface area contributed by atoms with E-state index >= 15 is 0 Å². The standard InChI is InChI=1S/C14H10O/c15-14-9-11-5-2-1-4-10(11)8-12-6-3-7-13(12)14/h1-6,8-9H,7H2. The molecule has 72 valence electrons. The number of hydrogen-bond acceptors (Lipinski definition) is 1. The second-order valence-electron chi connectivity index (χ2n) is 3.82. The lowest BCUT2D eigenvalue weighted by molar-refractivity contribution is 1.28. The van der Waals surface area contributed by atoms with Crippen LogP contribution < -0.4 is 5.43 Å². The zero-order valence-electron chi connectivity index (χ0n) is 8.23. The molecule has 1 nitrogen and oxygen atoms in total. The maximum atomic E-state index is 11.9. The van der Waals surface area contributed by atoms with Gasteiger partial charge in [-0.2, -0.15) is 0 Å². The molecule has 2 aromatic rings. The zero-order chi connectivity index (χ0) is 10.3. The molecular weight excluding hydrogens is 184 g/mol. The molecule has 1 aliphatic carbocycles. The summed E-state index contributed by atoms with van der Waals surface area (Å²) in [4.78, 5) is 11.9. The van der Waals surface area contributed by atoms with E-state index in [1.54, 1.807) is 6.07 Å². The average molecular weight is 194 g/mol. The summed E-state index contributed by atoms with van der Waals surface area (Å²) in [6, 6.07) is 11.8. The van der Waals surface area contributed by atoms with Crippen LogP contribution in [0, 0.1) is 0 Å². The maximum absolute atomic E-state index is 11.9. The van der Waals surface area contributed by atoms with E-state index in [1.807, 2.05) is 36.4 Å². The van der Waals surface area contributed by atoms with Crippen molar-refractivity contribution in [3.63, 3.8) is 0 Å². The van der Waals surface area contributed by atoms with Crippen molar-refractivity contribution < 1.29 is 0 Å². The minimum absolute atomic E-state index is 0.149. The van der Waals surface area contributed by atoms with Crippen LogP contribution in [0.25, 0.3) is 16.8 Å². The lowest BCUT2D eigenvalue weighted by atomic mass is 10.1. The lowest BCUT2D eigenvalue weighted by Crippen LogP contribution is -2.02. The summed E-state index contributed by atoms with van der Waals surface area (Å²) < 4.78 is 0. The lowest BCUT2D eigenvalue weighted by Gasteiger charge is -1.90. The molecule has 0 aromatic heterocycles. The average Bonchev–Trinajstić information content (AvgIpc) is 2.64. The van der Waals surface area contributed by atoms with Gasteiger partial charge in [-0.05, 0) is 34.9 Å². The van der Waals surface area contributed by atoms with Crippen molar-refractivity contribution in [3.8, 4) is 0 Å². The Morgan fingerprint density at radius 1 is 1.00 bits per heavy atom. The molecule has 0 aliphatic heterocycles. The van der Waals surface area contributed by atoms with Gasteiger partial charge in [-0.15, -0.1) is 0 Å². The van der Waals surface area contributed by atoms with Crippen LogP contribution in [0.4, 0.5) is 0 Å². The predicted octanol–water partition coefficient (Wildman–Crippen LogP) is 2.77. The molecular formula is C14H10O. The van der Waals surface area contributed by atoms with Gasteiger partial charge >= 0.3 is 0 Å². The third-order valence-electron chi connectivity index (χ3n) is 2.86. The molecule has 0 atom stereocenters. The molecule has 0 bridgehead atoms. The van der Waals surface area contributed by atoms with Gasteiger partial charge in [0.25, 0.3) is 0 Å². The van der Waals surface area contributed by atoms with Gasteiger partial charge in [-0.25, -0.2) is 0 Å². The van der Waals surface area contributed by atoms with Crippen LogP contribution in [-0.2, 0) is 6.42 Å². The van der Waals surface area contributed by atoms with E-state index in [4.69, 9.17) is 0 Å². The van der Waals surface area contributed by atoms with Gasteiger partial charge in [0.1, 0.15) is 0 Å². The molecule has 0 heterocycles. The Morgan fingerprint density at radius 3 is 2.53 bits per heavy atom. The molecule has 0 spiro atoms. The highest BCUT2D eigenvalue weighted by Gasteiger charge is 2.07. The Bertz CT molecular complexity index is 624. The molecule has 3 rings (SSSR count). The fraction of sp³-hybridized carbons (Fsp3) is 0.0714. The molecule has 0 saturated carbocycles. The Hall–Kier alpha value is -1.89. The Labute approximate surface area is 87.7 Å². The molecule has 2 aromatic carbocycles. The van der Waals surface area contributed by atoms with Gasteiger partial charge in [0.05, 0.1) is 0 Å². The van der Waals surface area contributed by atoms with Gasteiger partial charge in [-0.3, -0.25) is 4.79 Å². The molecule has 1 heteroatoms. The van der Waals surface area contributed by atoms with E-state index in [2.05, 4.69) is 6.07 Å². The van der Waals surface area contributed by atoms with E-state index in [0.717, 1.165) is 28.3 Å². The molecule has 0 fully saturated rings. The van der Waals surface area contributed by atoms with Crippen LogP contribution in [0.2, 0.25) is 0 Å². The SMILES string of the molecule is O=c1cc2ccccc2cc2c1CC=C2. The molecule has 15 heavy (non-hydrogen) atoms. The fourth-order valence-corrected chi connectivity index (χ4v) is 2.07. The quantitative estimate of drug-likeness (QED) is 0.630. The van der Waals surface area contributed by atoms with Crippen LogP contribution in [0.15, 0.2) is 47.3 Å². The first-order chi connectivity index (χ1) is 7.34. The van der Waals surface area contributed by atoms with Crippen LogP contribution in [0.5, 0.6) is 0 Å². The van der Waals surface area contributed by atoms with Gasteiger partial charge in [0.15, 0.2) is 5.43 Å². The monoisotopic (exact) mass is 194 g/mol. The maximum Gasteiger partial charge on any atom is 0.183 e. The summed E-state index contributed by atoms with van der Waals surface area (Å²) in [7, 11) is 0. The largest absolute Gasteiger partial charge is 0.290 e. The van der Waals surface area contributed by atoms with Crippen LogP contribution in [0.3, 0.4) is 0 Å². The summed E-state index contributed by atoms with van der Waals surface area (Å²) in [6.07, 6.45) is 4.85. The van der Waals surface area contributed by atoms with Crippen LogP contribution in [-0.4, -0.2) is 0 Å². The molecule has 0 saturated heterocycles. The highest BCUT2D eigenvalue weighted by atomic mass is 16.1. The minimum Gasteiger partial charge on any atom is -0.290 e. The summed E-state index contributed by atoms with van der Waals surface area (Å²) in [5.74, 6) is 0. The first-order valence-electron chi connectivity index (χ1n) is 5.07. The smallest absolute Gasteiger partial charge is 0.183 e. The topological polar surface area (TPSA) is 17.1 Å². The summed E-state index contributed by atoms with van der Waals surface area (Å²) in [6.45, 7) is 0. The number of fused-ring (bicyclic) bond motifs is 2. The zero-order valence-corrected chi connectivity index (χ0v) is 8.23. The number of hydrogen-bond donors (Lipinski definition) is 0. The third kappa shape index (κ3) is 1.28. The van der Waals surface area contributed by atoms with E-state index in [0.29, 0.717) is 0 Å². The van der Waals surface area contributed by atoms with Crippen molar-refractivity contribution in [1.29, 1.82) is 0 Å². The van der Waals surface area contributed by atoms with Gasteiger partial charge < -0.3 is 0 Å². The Morgan fingerprint density at radius 2 is 1.73 bits per heavy atom. The Kier molecular flexibility index (Phi) is 1.72. The van der Waals surface area contributed by atoms with Crippen molar-refractivity contribution in [1.82, 2.24) is 0 Å². The molecule has 0 unspecified atom stereocenters. The summed E-state index contributed by atoms with van der Waals surface area (Å²) in [5, 5.41) is 2.15. The number of benzene rings is 1. The molecule has 1 aliphatic rings. The van der Waals surface area contributed by atoms with Crippen molar-refractivity contribution in [3.05, 3.63) is 63.8 Å².